The van der Waals surface area contributed by atoms with Gasteiger partial charge in [-0.1, -0.05) is 29.8 Å². The van der Waals surface area contributed by atoms with E-state index in [1.54, 1.807) is 18.2 Å². The zero-order valence-corrected chi connectivity index (χ0v) is 13.5. The molecule has 2 aromatic carbocycles. The number of para-hydroxylation sites is 1. The Kier molecular flexibility index (Phi) is 4.88. The van der Waals surface area contributed by atoms with Crippen LogP contribution < -0.4 is 9.47 Å². The molecule has 3 rings (SSSR count). The van der Waals surface area contributed by atoms with E-state index < -0.39 is 0 Å². The largest absolute Gasteiger partial charge is 0.486 e. The number of aromatic nitrogens is 1. The zero-order valence-electron chi connectivity index (χ0n) is 12.7. The van der Waals surface area contributed by atoms with Crippen molar-refractivity contribution in [2.45, 2.75) is 20.1 Å². The average Bonchev–Trinajstić information content (AvgIpc) is 3.02. The summed E-state index contributed by atoms with van der Waals surface area (Å²) in [5.41, 5.74) is 1.96. The summed E-state index contributed by atoms with van der Waals surface area (Å²) in [6.45, 7) is 2.68. The van der Waals surface area contributed by atoms with E-state index in [1.165, 1.54) is 23.0 Å². The van der Waals surface area contributed by atoms with Crippen molar-refractivity contribution < 1.29 is 13.9 Å². The van der Waals surface area contributed by atoms with Crippen LogP contribution in [0.5, 0.6) is 11.5 Å². The van der Waals surface area contributed by atoms with Crippen LogP contribution in [-0.2, 0) is 13.2 Å². The van der Waals surface area contributed by atoms with Gasteiger partial charge in [0, 0.05) is 5.38 Å². The van der Waals surface area contributed by atoms with Crippen LogP contribution in [0.15, 0.2) is 53.9 Å². The zero-order chi connectivity index (χ0) is 16.1. The first kappa shape index (κ1) is 15.5. The fourth-order valence-corrected chi connectivity index (χ4v) is 2.66. The van der Waals surface area contributed by atoms with Crippen LogP contribution in [0, 0.1) is 12.7 Å². The summed E-state index contributed by atoms with van der Waals surface area (Å²) < 4.78 is 24.6. The summed E-state index contributed by atoms with van der Waals surface area (Å²) in [5.74, 6) is 0.679. The number of aryl methyl sites for hydroxylation is 1. The molecule has 3 nitrogen and oxygen atoms in total. The number of rotatable bonds is 6. The molecule has 0 radical (unpaired) electrons. The van der Waals surface area contributed by atoms with Gasteiger partial charge in [-0.3, -0.25) is 0 Å². The molecule has 3 aromatic rings. The van der Waals surface area contributed by atoms with Crippen LogP contribution in [0.2, 0.25) is 0 Å². The third-order valence-corrected chi connectivity index (χ3v) is 4.07. The molecule has 0 amide bonds. The van der Waals surface area contributed by atoms with E-state index in [4.69, 9.17) is 9.47 Å². The minimum Gasteiger partial charge on any atom is -0.486 e. The second-order valence-electron chi connectivity index (χ2n) is 5.05. The summed E-state index contributed by atoms with van der Waals surface area (Å²) in [4.78, 5) is 4.43. The van der Waals surface area contributed by atoms with E-state index in [1.807, 2.05) is 36.6 Å². The predicted molar refractivity (Wildman–Crippen MR) is 88.4 cm³/mol. The highest BCUT2D eigenvalue weighted by Gasteiger charge is 2.06. The van der Waals surface area contributed by atoms with Gasteiger partial charge < -0.3 is 9.47 Å². The number of thiazole rings is 1. The van der Waals surface area contributed by atoms with Gasteiger partial charge in [0.05, 0.1) is 5.69 Å². The molecule has 0 bridgehead atoms. The molecular formula is C18H16FNO2S. The van der Waals surface area contributed by atoms with E-state index in [-0.39, 0.29) is 18.2 Å². The minimum absolute atomic E-state index is 0.234. The molecule has 0 aliphatic heterocycles. The highest BCUT2D eigenvalue weighted by atomic mass is 32.1. The van der Waals surface area contributed by atoms with Gasteiger partial charge in [0.25, 0.3) is 0 Å². The van der Waals surface area contributed by atoms with Crippen molar-refractivity contribution in [1.29, 1.82) is 0 Å². The lowest BCUT2D eigenvalue weighted by Crippen LogP contribution is -1.99. The second-order valence-corrected chi connectivity index (χ2v) is 6.00. The maximum atomic E-state index is 13.5. The SMILES string of the molecule is Cc1ccc(OCc2nc(COc3ccccc3F)cs2)cc1. The van der Waals surface area contributed by atoms with Gasteiger partial charge in [0.2, 0.25) is 0 Å². The summed E-state index contributed by atoms with van der Waals surface area (Å²) in [6.07, 6.45) is 0. The molecule has 0 atom stereocenters. The summed E-state index contributed by atoms with van der Waals surface area (Å²) in [6, 6.07) is 14.2. The van der Waals surface area contributed by atoms with E-state index in [0.29, 0.717) is 6.61 Å². The standard InChI is InChI=1S/C18H16FNO2S/c1-13-6-8-15(9-7-13)21-11-18-20-14(12-23-18)10-22-17-5-3-2-4-16(17)19/h2-9,12H,10-11H2,1H3. The molecule has 1 aromatic heterocycles. The molecule has 23 heavy (non-hydrogen) atoms. The van der Waals surface area contributed by atoms with Crippen LogP contribution >= 0.6 is 11.3 Å². The first-order valence-electron chi connectivity index (χ1n) is 7.21. The molecule has 0 saturated heterocycles. The molecule has 5 heteroatoms. The second kappa shape index (κ2) is 7.24. The number of hydrogen-bond donors (Lipinski definition) is 0. The van der Waals surface area contributed by atoms with Gasteiger partial charge >= 0.3 is 0 Å². The number of ether oxygens (including phenoxy) is 2. The Hall–Kier alpha value is -2.40. The van der Waals surface area contributed by atoms with Gasteiger partial charge in [-0.2, -0.15) is 0 Å². The molecule has 1 heterocycles. The van der Waals surface area contributed by atoms with Crippen LogP contribution in [0.3, 0.4) is 0 Å². The molecule has 0 spiro atoms. The van der Waals surface area contributed by atoms with Crippen molar-refractivity contribution in [3.05, 3.63) is 76.0 Å². The maximum Gasteiger partial charge on any atom is 0.165 e. The Morgan fingerprint density at radius 1 is 1.00 bits per heavy atom. The molecular weight excluding hydrogens is 313 g/mol. The van der Waals surface area contributed by atoms with Gasteiger partial charge in [0.1, 0.15) is 24.0 Å². The number of nitrogens with zero attached hydrogens (tertiary/aromatic N) is 1. The third kappa shape index (κ3) is 4.29. The first-order valence-corrected chi connectivity index (χ1v) is 8.09. The number of halogens is 1. The normalized spacial score (nSPS) is 10.5. The Morgan fingerprint density at radius 3 is 2.57 bits per heavy atom. The van der Waals surface area contributed by atoms with Crippen molar-refractivity contribution in [3.63, 3.8) is 0 Å². The quantitative estimate of drug-likeness (QED) is 0.654. The molecule has 0 fully saturated rings. The predicted octanol–water partition coefficient (Wildman–Crippen LogP) is 4.75. The Labute approximate surface area is 138 Å². The minimum atomic E-state index is -0.370. The van der Waals surface area contributed by atoms with Gasteiger partial charge in [0.15, 0.2) is 11.6 Å². The van der Waals surface area contributed by atoms with Crippen molar-refractivity contribution in [2.75, 3.05) is 0 Å². The van der Waals surface area contributed by atoms with E-state index in [0.717, 1.165) is 16.5 Å². The van der Waals surface area contributed by atoms with Crippen LogP contribution in [-0.4, -0.2) is 4.98 Å². The van der Waals surface area contributed by atoms with Crippen LogP contribution in [0.1, 0.15) is 16.3 Å². The van der Waals surface area contributed by atoms with Gasteiger partial charge in [-0.05, 0) is 31.2 Å². The smallest absolute Gasteiger partial charge is 0.165 e. The van der Waals surface area contributed by atoms with Crippen LogP contribution in [0.4, 0.5) is 4.39 Å². The summed E-state index contributed by atoms with van der Waals surface area (Å²) in [7, 11) is 0. The number of hydrogen-bond acceptors (Lipinski definition) is 4. The lowest BCUT2D eigenvalue weighted by molar-refractivity contribution is 0.283. The van der Waals surface area contributed by atoms with Crippen molar-refractivity contribution in [1.82, 2.24) is 4.98 Å². The monoisotopic (exact) mass is 329 g/mol. The maximum absolute atomic E-state index is 13.5. The average molecular weight is 329 g/mol. The van der Waals surface area contributed by atoms with Crippen molar-refractivity contribution in [2.24, 2.45) is 0 Å². The number of benzene rings is 2. The highest BCUT2D eigenvalue weighted by molar-refractivity contribution is 7.09. The highest BCUT2D eigenvalue weighted by Crippen LogP contribution is 2.19. The molecule has 0 aliphatic carbocycles. The summed E-state index contributed by atoms with van der Waals surface area (Å²) >= 11 is 1.50. The van der Waals surface area contributed by atoms with Crippen molar-refractivity contribution in [3.8, 4) is 11.5 Å². The van der Waals surface area contributed by atoms with E-state index in [9.17, 15) is 4.39 Å². The third-order valence-electron chi connectivity index (χ3n) is 3.19. The van der Waals surface area contributed by atoms with Crippen molar-refractivity contribution >= 4 is 11.3 Å². The Morgan fingerprint density at radius 2 is 1.78 bits per heavy atom. The summed E-state index contributed by atoms with van der Waals surface area (Å²) in [5, 5.41) is 2.76. The van der Waals surface area contributed by atoms with Gasteiger partial charge in [-0.25, -0.2) is 9.37 Å². The Bertz CT molecular complexity index is 771. The lowest BCUT2D eigenvalue weighted by atomic mass is 10.2. The fourth-order valence-electron chi connectivity index (χ4n) is 1.97. The Balaban J connectivity index is 1.53. The molecule has 0 saturated carbocycles. The van der Waals surface area contributed by atoms with Crippen LogP contribution in [0.25, 0.3) is 0 Å². The lowest BCUT2D eigenvalue weighted by Gasteiger charge is -2.05. The van der Waals surface area contributed by atoms with E-state index in [2.05, 4.69) is 4.98 Å². The molecule has 0 N–H and O–H groups in total. The topological polar surface area (TPSA) is 31.4 Å². The fraction of sp³-hybridized carbons (Fsp3) is 0.167. The molecule has 118 valence electrons. The molecule has 0 unspecified atom stereocenters. The van der Waals surface area contributed by atoms with Gasteiger partial charge in [-0.15, -0.1) is 11.3 Å². The molecule has 0 aliphatic rings. The first-order chi connectivity index (χ1) is 11.2. The van der Waals surface area contributed by atoms with E-state index >= 15 is 0 Å².